The monoisotopic (exact) mass is 626 g/mol. The number of aliphatic hydroxyl groups is 1. The van der Waals surface area contributed by atoms with Gasteiger partial charge in [0.15, 0.2) is 0 Å². The van der Waals surface area contributed by atoms with E-state index in [2.05, 4.69) is 15.9 Å². The average molecular weight is 627 g/mol. The topological polar surface area (TPSA) is 123 Å². The molecule has 1 aliphatic rings. The van der Waals surface area contributed by atoms with Crippen molar-refractivity contribution in [3.8, 4) is 0 Å². The van der Waals surface area contributed by atoms with Crippen LogP contribution in [0, 0.1) is 0 Å². The molecule has 4 rings (SSSR count). The first-order valence-electron chi connectivity index (χ1n) is 12.8. The van der Waals surface area contributed by atoms with Gasteiger partial charge in [-0.3, -0.25) is 14.2 Å². The van der Waals surface area contributed by atoms with Gasteiger partial charge in [0.05, 0.1) is 17.7 Å². The number of rotatable bonds is 8. The highest BCUT2D eigenvalue weighted by Crippen LogP contribution is 2.31. The fourth-order valence-electron chi connectivity index (χ4n) is 4.45. The summed E-state index contributed by atoms with van der Waals surface area (Å²) in [6.45, 7) is -0.478. The quantitative estimate of drug-likeness (QED) is 0.376. The number of carbonyl (C=O) groups excluding carboxylic acids is 2. The fraction of sp³-hybridized carbons (Fsp3) is 0.310. The predicted octanol–water partition coefficient (Wildman–Crippen LogP) is 2.70. The van der Waals surface area contributed by atoms with Crippen LogP contribution in [-0.2, 0) is 9.47 Å². The first kappa shape index (κ1) is 30.0. The van der Waals surface area contributed by atoms with Crippen molar-refractivity contribution >= 4 is 45.3 Å². The van der Waals surface area contributed by atoms with E-state index in [-0.39, 0.29) is 17.5 Å². The molecular weight excluding hydrogens is 596 g/mol. The molecule has 1 fully saturated rings. The summed E-state index contributed by atoms with van der Waals surface area (Å²) in [6.07, 6.45) is -0.139. The molecule has 0 amide bonds. The van der Waals surface area contributed by atoms with Gasteiger partial charge >= 0.3 is 11.7 Å². The van der Waals surface area contributed by atoms with Crippen molar-refractivity contribution in [2.24, 2.45) is 0 Å². The maximum atomic E-state index is 13.6. The Balaban J connectivity index is 1.65. The minimum absolute atomic E-state index is 0.00798. The van der Waals surface area contributed by atoms with E-state index in [1.807, 2.05) is 38.0 Å². The molecule has 1 N–H and O–H groups in total. The molecule has 0 aliphatic carbocycles. The van der Waals surface area contributed by atoms with Crippen LogP contribution in [0.4, 0.5) is 11.4 Å². The van der Waals surface area contributed by atoms with Crippen molar-refractivity contribution in [1.29, 1.82) is 0 Å². The number of ether oxygens (including phenoxy) is 2. The van der Waals surface area contributed by atoms with Gasteiger partial charge in [-0.2, -0.15) is 4.57 Å². The molecule has 0 unspecified atom stereocenters. The van der Waals surface area contributed by atoms with Crippen LogP contribution in [0.1, 0.15) is 38.9 Å². The first-order chi connectivity index (χ1) is 19.5. The molecule has 11 nitrogen and oxygen atoms in total. The molecule has 41 heavy (non-hydrogen) atoms. The number of anilines is 2. The number of carbonyl (C=O) groups is 2. The van der Waals surface area contributed by atoms with Crippen molar-refractivity contribution < 1.29 is 24.2 Å². The van der Waals surface area contributed by atoms with E-state index in [9.17, 15) is 24.3 Å². The van der Waals surface area contributed by atoms with E-state index in [1.165, 1.54) is 29.4 Å². The first-order valence-corrected chi connectivity index (χ1v) is 13.7. The predicted molar refractivity (Wildman–Crippen MR) is 159 cm³/mol. The van der Waals surface area contributed by atoms with Crippen LogP contribution in [-0.4, -0.2) is 73.1 Å². The Morgan fingerprint density at radius 1 is 1.00 bits per heavy atom. The summed E-state index contributed by atoms with van der Waals surface area (Å²) < 4.78 is 13.2. The van der Waals surface area contributed by atoms with Crippen molar-refractivity contribution in [3.63, 3.8) is 0 Å². The zero-order valence-corrected chi connectivity index (χ0v) is 24.6. The Bertz CT molecular complexity index is 1560. The number of halogens is 1. The summed E-state index contributed by atoms with van der Waals surface area (Å²) in [5.74, 6) is -1.41. The number of hydrogen-bond acceptors (Lipinski definition) is 9. The summed E-state index contributed by atoms with van der Waals surface area (Å²) in [5, 5.41) is 9.95. The molecule has 1 saturated heterocycles. The fourth-order valence-corrected chi connectivity index (χ4v) is 4.74. The molecule has 2 aromatic carbocycles. The minimum atomic E-state index is -1.02. The third kappa shape index (κ3) is 6.34. The van der Waals surface area contributed by atoms with Crippen molar-refractivity contribution in [1.82, 2.24) is 9.13 Å². The molecule has 1 aromatic heterocycles. The second-order valence-electron chi connectivity index (χ2n) is 9.89. The molecule has 0 bridgehead atoms. The number of aliphatic hydroxyl groups excluding tert-OH is 1. The molecule has 0 saturated carbocycles. The Labute approximate surface area is 245 Å². The zero-order chi connectivity index (χ0) is 29.8. The highest BCUT2D eigenvalue weighted by molar-refractivity contribution is 9.11. The van der Waals surface area contributed by atoms with Gasteiger partial charge in [-0.05, 0) is 59.6 Å². The zero-order valence-electron chi connectivity index (χ0n) is 23.1. The summed E-state index contributed by atoms with van der Waals surface area (Å²) in [6, 6.07) is 13.3. The number of nitrogens with zero attached hydrogens (tertiary/aromatic N) is 4. The molecule has 3 aromatic rings. The van der Waals surface area contributed by atoms with Gasteiger partial charge in [0.2, 0.25) is 0 Å². The summed E-state index contributed by atoms with van der Waals surface area (Å²) in [4.78, 5) is 58.2. The summed E-state index contributed by atoms with van der Waals surface area (Å²) in [5.41, 5.74) is 0.535. The van der Waals surface area contributed by atoms with Gasteiger partial charge in [0.1, 0.15) is 18.4 Å². The average Bonchev–Trinajstić information content (AvgIpc) is 3.36. The van der Waals surface area contributed by atoms with E-state index in [0.717, 1.165) is 15.9 Å². The van der Waals surface area contributed by atoms with Crippen LogP contribution >= 0.6 is 15.9 Å². The lowest BCUT2D eigenvalue weighted by molar-refractivity contribution is -0.0524. The molecule has 216 valence electrons. The van der Waals surface area contributed by atoms with E-state index in [4.69, 9.17) is 9.47 Å². The van der Waals surface area contributed by atoms with Crippen LogP contribution in [0.5, 0.6) is 0 Å². The molecule has 0 radical (unpaired) electrons. The van der Waals surface area contributed by atoms with Gasteiger partial charge in [-0.25, -0.2) is 9.59 Å². The smallest absolute Gasteiger partial charge is 0.340 e. The lowest BCUT2D eigenvalue weighted by Crippen LogP contribution is -2.45. The van der Waals surface area contributed by atoms with E-state index in [0.29, 0.717) is 10.1 Å². The second kappa shape index (κ2) is 12.7. The summed E-state index contributed by atoms with van der Waals surface area (Å²) >= 11 is 3.14. The Morgan fingerprint density at radius 2 is 1.56 bits per heavy atom. The van der Waals surface area contributed by atoms with Crippen molar-refractivity contribution in [2.75, 3.05) is 44.6 Å². The van der Waals surface area contributed by atoms with Crippen LogP contribution in [0.3, 0.4) is 0 Å². The van der Waals surface area contributed by atoms with Gasteiger partial charge < -0.3 is 24.4 Å². The number of benzene rings is 2. The molecular formula is C29H31BrN4O7. The van der Waals surface area contributed by atoms with Crippen molar-refractivity contribution in [2.45, 2.75) is 24.9 Å². The second-order valence-corrected chi connectivity index (χ2v) is 10.4. The Morgan fingerprint density at radius 3 is 2.07 bits per heavy atom. The largest absolute Gasteiger partial charge is 0.456 e. The van der Waals surface area contributed by atoms with Gasteiger partial charge in [0.25, 0.3) is 11.5 Å². The Kier molecular flexibility index (Phi) is 9.26. The number of esters is 1. The van der Waals surface area contributed by atoms with E-state index >= 15 is 0 Å². The Hall–Kier alpha value is -4.00. The third-order valence-corrected chi connectivity index (χ3v) is 7.03. The minimum Gasteiger partial charge on any atom is -0.456 e. The van der Waals surface area contributed by atoms with Gasteiger partial charge in [0, 0.05) is 57.7 Å². The maximum Gasteiger partial charge on any atom is 0.340 e. The highest BCUT2D eigenvalue weighted by atomic mass is 79.9. The SMILES string of the molecule is CN(C)c1ccc(C(=O)O[C@H]2C[C@H](n3cc(C=CBr)c(=O)n(C(=O)c4ccc(N(C)C)cc4)c3=O)O[C@@H]2CO)cc1. The molecule has 1 aliphatic heterocycles. The van der Waals surface area contributed by atoms with Crippen molar-refractivity contribution in [3.05, 3.63) is 97.2 Å². The van der Waals surface area contributed by atoms with Crippen LogP contribution < -0.4 is 21.0 Å². The number of aromatic nitrogens is 2. The molecule has 2 heterocycles. The number of hydrogen-bond donors (Lipinski definition) is 1. The van der Waals surface area contributed by atoms with Crippen LogP contribution in [0.2, 0.25) is 0 Å². The van der Waals surface area contributed by atoms with Gasteiger partial charge in [-0.1, -0.05) is 15.9 Å². The molecule has 3 atom stereocenters. The third-order valence-electron chi connectivity index (χ3n) is 6.77. The van der Waals surface area contributed by atoms with Crippen LogP contribution in [0.15, 0.2) is 69.3 Å². The molecule has 12 heteroatoms. The highest BCUT2D eigenvalue weighted by Gasteiger charge is 2.40. The summed E-state index contributed by atoms with van der Waals surface area (Å²) in [7, 11) is 7.46. The maximum absolute atomic E-state index is 13.6. The lowest BCUT2D eigenvalue weighted by Gasteiger charge is -2.17. The van der Waals surface area contributed by atoms with E-state index < -0.39 is 48.2 Å². The normalized spacial score (nSPS) is 18.4. The van der Waals surface area contributed by atoms with Crippen LogP contribution in [0.25, 0.3) is 6.08 Å². The lowest BCUT2D eigenvalue weighted by atomic mass is 10.1. The standard InChI is InChI=1S/C29H31BrN4O7/c1-31(2)21-9-5-18(6-10-21)26(36)34-27(37)20(13-14-30)16-33(29(34)39)25-15-23(24(17-35)40-25)41-28(38)19-7-11-22(12-8-19)32(3)4/h5-14,16,23-25,35H,15,17H2,1-4H3/t23-,24+,25+/m0/s1. The molecule has 0 spiro atoms. The van der Waals surface area contributed by atoms with E-state index in [1.54, 1.807) is 36.4 Å². The van der Waals surface area contributed by atoms with Gasteiger partial charge in [-0.15, -0.1) is 0 Å².